The average molecular weight is 906 g/mol. The van der Waals surface area contributed by atoms with Gasteiger partial charge in [0, 0.05) is 6.42 Å². The van der Waals surface area contributed by atoms with Crippen molar-refractivity contribution in [1.82, 2.24) is 5.32 Å². The van der Waals surface area contributed by atoms with Crippen LogP contribution in [0.15, 0.2) is 12.2 Å². The van der Waals surface area contributed by atoms with E-state index in [4.69, 9.17) is 9.47 Å². The van der Waals surface area contributed by atoms with Crippen LogP contribution in [0.25, 0.3) is 0 Å². The van der Waals surface area contributed by atoms with E-state index in [1.165, 1.54) is 141 Å². The highest BCUT2D eigenvalue weighted by molar-refractivity contribution is 7.80. The molecule has 1 amide bonds. The van der Waals surface area contributed by atoms with Crippen molar-refractivity contribution >= 4 is 16.3 Å². The summed E-state index contributed by atoms with van der Waals surface area (Å²) in [6.07, 6.45) is 36.6. The summed E-state index contributed by atoms with van der Waals surface area (Å²) in [5, 5.41) is 44.9. The van der Waals surface area contributed by atoms with Gasteiger partial charge in [0.05, 0.1) is 25.4 Å². The Morgan fingerprint density at radius 1 is 0.629 bits per heavy atom. The first-order valence-corrected chi connectivity index (χ1v) is 26.9. The number of amides is 1. The molecule has 1 heterocycles. The Hall–Kier alpha value is -1.16. The first kappa shape index (κ1) is 58.9. The largest absolute Gasteiger partial charge is 0.397 e. The minimum Gasteiger partial charge on any atom is -0.394 e. The number of hydrogen-bond donors (Lipinski definition) is 6. The molecular weight excluding hydrogens is 811 g/mol. The van der Waals surface area contributed by atoms with Gasteiger partial charge in [-0.2, -0.15) is 8.42 Å². The number of aliphatic hydroxyl groups is 4. The highest BCUT2D eigenvalue weighted by atomic mass is 32.3. The van der Waals surface area contributed by atoms with Gasteiger partial charge in [0.2, 0.25) is 5.91 Å². The van der Waals surface area contributed by atoms with Crippen molar-refractivity contribution in [2.75, 3.05) is 13.2 Å². The summed E-state index contributed by atoms with van der Waals surface area (Å²) in [6, 6.07) is -0.859. The quantitative estimate of drug-likeness (QED) is 0.0194. The van der Waals surface area contributed by atoms with Gasteiger partial charge in [0.25, 0.3) is 0 Å². The molecule has 0 saturated carbocycles. The second-order valence-corrected chi connectivity index (χ2v) is 19.2. The zero-order valence-corrected chi connectivity index (χ0v) is 40.3. The van der Waals surface area contributed by atoms with Gasteiger partial charge in [0.15, 0.2) is 6.29 Å². The summed E-state index contributed by atoms with van der Waals surface area (Å²) >= 11 is 0. The number of carbonyl (C=O) groups excluding carboxylic acids is 1. The topological polar surface area (TPSA) is 192 Å². The molecule has 1 aliphatic heterocycles. The van der Waals surface area contributed by atoms with Crippen molar-refractivity contribution in [3.63, 3.8) is 0 Å². The van der Waals surface area contributed by atoms with E-state index < -0.39 is 59.9 Å². The van der Waals surface area contributed by atoms with Crippen molar-refractivity contribution in [2.45, 2.75) is 281 Å². The van der Waals surface area contributed by atoms with Gasteiger partial charge in [-0.25, -0.2) is 4.18 Å². The Kier molecular flexibility index (Phi) is 38.1. The lowest BCUT2D eigenvalue weighted by molar-refractivity contribution is -0.298. The normalized spacial score (nSPS) is 20.5. The maximum atomic E-state index is 13.0. The third-order valence-corrected chi connectivity index (χ3v) is 12.8. The zero-order valence-electron chi connectivity index (χ0n) is 39.5. The van der Waals surface area contributed by atoms with Crippen molar-refractivity contribution < 1.29 is 51.8 Å². The van der Waals surface area contributed by atoms with Gasteiger partial charge >= 0.3 is 10.4 Å². The van der Waals surface area contributed by atoms with Gasteiger partial charge in [0.1, 0.15) is 24.4 Å². The fraction of sp³-hybridized carbons (Fsp3) is 0.939. The molecule has 13 heteroatoms. The molecular formula is C49H95NO11S. The van der Waals surface area contributed by atoms with Crippen LogP contribution in [0, 0.1) is 0 Å². The molecule has 0 bridgehead atoms. The molecule has 0 aliphatic carbocycles. The third kappa shape index (κ3) is 32.5. The van der Waals surface area contributed by atoms with Crippen molar-refractivity contribution in [1.29, 1.82) is 0 Å². The Balaban J connectivity index is 2.35. The van der Waals surface area contributed by atoms with Gasteiger partial charge in [-0.05, 0) is 32.1 Å². The van der Waals surface area contributed by atoms with E-state index in [9.17, 15) is 38.2 Å². The van der Waals surface area contributed by atoms with E-state index in [1.54, 1.807) is 0 Å². The first-order valence-electron chi connectivity index (χ1n) is 25.6. The Morgan fingerprint density at radius 3 is 1.50 bits per heavy atom. The van der Waals surface area contributed by atoms with E-state index in [-0.39, 0.29) is 18.9 Å². The Morgan fingerprint density at radius 2 is 1.05 bits per heavy atom. The van der Waals surface area contributed by atoms with Crippen LogP contribution in [-0.2, 0) is 28.9 Å². The second-order valence-electron chi connectivity index (χ2n) is 18.1. The molecule has 1 saturated heterocycles. The van der Waals surface area contributed by atoms with Gasteiger partial charge in [-0.3, -0.25) is 9.35 Å². The standard InChI is InChI=1S/C49H95NO11S/c1-3-5-7-9-11-13-15-16-17-18-19-20-21-22-23-24-25-26-27-29-30-32-34-36-38-43(52)42(50-45(53)39-37-35-33-31-28-14-12-10-8-6-4-2)41-59-49-47(55)48(61-62(56,57)58)46(54)44(40-51)60-49/h10,12,42-44,46-49,51-52,54-55H,3-9,11,13-41H2,1-2H3,(H,50,53)(H,56,57,58)/b12-10-. The third-order valence-electron chi connectivity index (χ3n) is 12.3. The lowest BCUT2D eigenvalue weighted by Gasteiger charge is -2.41. The summed E-state index contributed by atoms with van der Waals surface area (Å²) in [7, 11) is -5.08. The molecule has 1 aliphatic rings. The van der Waals surface area contributed by atoms with Gasteiger partial charge in [-0.1, -0.05) is 212 Å². The Bertz CT molecular complexity index is 1160. The maximum Gasteiger partial charge on any atom is 0.397 e. The van der Waals surface area contributed by atoms with Crippen molar-refractivity contribution in [2.24, 2.45) is 0 Å². The molecule has 6 N–H and O–H groups in total. The molecule has 1 rings (SSSR count). The molecule has 62 heavy (non-hydrogen) atoms. The number of hydrogen-bond acceptors (Lipinski definition) is 10. The highest BCUT2D eigenvalue weighted by Gasteiger charge is 2.48. The lowest BCUT2D eigenvalue weighted by atomic mass is 9.99. The van der Waals surface area contributed by atoms with Crippen LogP contribution in [0.5, 0.6) is 0 Å². The number of aliphatic hydroxyl groups excluding tert-OH is 4. The number of carbonyl (C=O) groups is 1. The van der Waals surface area contributed by atoms with E-state index in [2.05, 4.69) is 35.5 Å². The number of allylic oxidation sites excluding steroid dienone is 2. The zero-order chi connectivity index (χ0) is 45.5. The van der Waals surface area contributed by atoms with Crippen LogP contribution in [0.1, 0.15) is 239 Å². The summed E-state index contributed by atoms with van der Waals surface area (Å²) < 4.78 is 47.7. The van der Waals surface area contributed by atoms with E-state index >= 15 is 0 Å². The molecule has 12 nitrogen and oxygen atoms in total. The summed E-state index contributed by atoms with van der Waals surface area (Å²) in [5.74, 6) is -0.238. The fourth-order valence-corrected chi connectivity index (χ4v) is 8.83. The molecule has 0 aromatic rings. The van der Waals surface area contributed by atoms with Crippen LogP contribution in [0.3, 0.4) is 0 Å². The van der Waals surface area contributed by atoms with Crippen LogP contribution in [0.2, 0.25) is 0 Å². The lowest BCUT2D eigenvalue weighted by Crippen LogP contribution is -2.61. The molecule has 7 unspecified atom stereocenters. The van der Waals surface area contributed by atoms with Crippen molar-refractivity contribution in [3.05, 3.63) is 12.2 Å². The van der Waals surface area contributed by atoms with Crippen LogP contribution in [-0.4, -0.2) is 95.4 Å². The van der Waals surface area contributed by atoms with Gasteiger partial charge in [-0.15, -0.1) is 0 Å². The molecule has 1 fully saturated rings. The first-order chi connectivity index (χ1) is 30.0. The van der Waals surface area contributed by atoms with E-state index in [0.29, 0.717) is 12.8 Å². The summed E-state index contributed by atoms with van der Waals surface area (Å²) in [4.78, 5) is 13.0. The average Bonchev–Trinajstić information content (AvgIpc) is 3.24. The molecule has 0 radical (unpaired) electrons. The number of rotatable bonds is 44. The van der Waals surface area contributed by atoms with Crippen LogP contribution in [0.4, 0.5) is 0 Å². The molecule has 0 spiro atoms. The molecule has 368 valence electrons. The predicted molar refractivity (Wildman–Crippen MR) is 250 cm³/mol. The monoisotopic (exact) mass is 906 g/mol. The van der Waals surface area contributed by atoms with E-state index in [1.807, 2.05) is 0 Å². The smallest absolute Gasteiger partial charge is 0.394 e. The molecule has 7 atom stereocenters. The van der Waals surface area contributed by atoms with Gasteiger partial charge < -0.3 is 35.2 Å². The SMILES string of the molecule is CCCC/C=C\CCCCCCCC(=O)NC(COC1OC(CO)C(O)C(OS(=O)(=O)O)C1O)C(O)CCCCCCCCCCCCCCCCCCCCCCCCCC. The predicted octanol–water partition coefficient (Wildman–Crippen LogP) is 10.7. The van der Waals surface area contributed by atoms with Crippen LogP contribution < -0.4 is 5.32 Å². The fourth-order valence-electron chi connectivity index (χ4n) is 8.32. The second kappa shape index (κ2) is 40.1. The number of unbranched alkanes of at least 4 members (excludes halogenated alkanes) is 30. The Labute approximate surface area is 379 Å². The van der Waals surface area contributed by atoms with Crippen molar-refractivity contribution in [3.8, 4) is 0 Å². The maximum absolute atomic E-state index is 13.0. The van der Waals surface area contributed by atoms with Crippen LogP contribution >= 0.6 is 0 Å². The number of ether oxygens (including phenoxy) is 2. The highest BCUT2D eigenvalue weighted by Crippen LogP contribution is 2.26. The minimum absolute atomic E-state index is 0.238. The molecule has 0 aromatic heterocycles. The minimum atomic E-state index is -5.08. The molecule has 0 aromatic carbocycles. The number of nitrogens with one attached hydrogen (secondary N) is 1. The summed E-state index contributed by atoms with van der Waals surface area (Å²) in [6.45, 7) is 3.42. The summed E-state index contributed by atoms with van der Waals surface area (Å²) in [5.41, 5.74) is 0. The van der Waals surface area contributed by atoms with E-state index in [0.717, 1.165) is 64.2 Å².